The van der Waals surface area contributed by atoms with Crippen molar-refractivity contribution in [2.24, 2.45) is 15.4 Å². The summed E-state index contributed by atoms with van der Waals surface area (Å²) in [6.07, 6.45) is 0.336. The van der Waals surface area contributed by atoms with Gasteiger partial charge in [0, 0.05) is 6.42 Å². The van der Waals surface area contributed by atoms with Crippen LogP contribution in [0.5, 0.6) is 5.75 Å². The third kappa shape index (κ3) is 4.90. The molecule has 0 bridgehead atoms. The average Bonchev–Trinajstić information content (AvgIpc) is 3.65. The third-order valence-electron chi connectivity index (χ3n) is 6.98. The van der Waals surface area contributed by atoms with Crippen LogP contribution in [0.2, 0.25) is 0 Å². The van der Waals surface area contributed by atoms with E-state index in [0.717, 1.165) is 21.5 Å². The number of alkyl halides is 2. The van der Waals surface area contributed by atoms with E-state index in [1.807, 2.05) is 30.3 Å². The number of rotatable bonds is 7. The van der Waals surface area contributed by atoms with Crippen molar-refractivity contribution in [1.82, 2.24) is 10.0 Å². The van der Waals surface area contributed by atoms with Crippen molar-refractivity contribution >= 4 is 29.1 Å². The Morgan fingerprint density at radius 1 is 0.976 bits per heavy atom. The molecule has 0 spiro atoms. The Hall–Kier alpha value is -5.07. The number of anilines is 1. The molecule has 208 valence electrons. The fourth-order valence-electron chi connectivity index (χ4n) is 5.11. The smallest absolute Gasteiger partial charge is 0.387 e. The highest BCUT2D eigenvalue weighted by Gasteiger charge is 2.55. The number of halogens is 3. The van der Waals surface area contributed by atoms with Gasteiger partial charge in [0.05, 0.1) is 17.4 Å². The predicted octanol–water partition coefficient (Wildman–Crippen LogP) is 4.10. The number of carbonyl (C=O) groups excluding carboxylic acids is 3. The zero-order valence-electron chi connectivity index (χ0n) is 21.2. The quantitative estimate of drug-likeness (QED) is 0.403. The van der Waals surface area contributed by atoms with Gasteiger partial charge >= 0.3 is 6.61 Å². The molecule has 0 N–H and O–H groups in total. The molecule has 3 heterocycles. The van der Waals surface area contributed by atoms with Crippen LogP contribution < -0.4 is 9.64 Å². The van der Waals surface area contributed by atoms with Crippen LogP contribution in [0.15, 0.2) is 94.3 Å². The maximum Gasteiger partial charge on any atom is 0.387 e. The fourth-order valence-corrected chi connectivity index (χ4v) is 5.11. The summed E-state index contributed by atoms with van der Waals surface area (Å²) in [5.74, 6) is -2.45. The van der Waals surface area contributed by atoms with Gasteiger partial charge in [0.2, 0.25) is 0 Å². The highest BCUT2D eigenvalue weighted by Crippen LogP contribution is 2.35. The Kier molecular flexibility index (Phi) is 6.69. The number of amides is 3. The molecule has 3 aromatic carbocycles. The number of ether oxygens (including phenoxy) is 1. The zero-order valence-corrected chi connectivity index (χ0v) is 21.2. The monoisotopic (exact) mass is 562 g/mol. The lowest BCUT2D eigenvalue weighted by Gasteiger charge is -2.25. The molecule has 0 radical (unpaired) electrons. The van der Waals surface area contributed by atoms with E-state index in [9.17, 15) is 27.6 Å². The maximum absolute atomic E-state index is 13.8. The molecule has 13 heteroatoms. The van der Waals surface area contributed by atoms with Crippen molar-refractivity contribution < 1.29 is 32.3 Å². The summed E-state index contributed by atoms with van der Waals surface area (Å²) in [6.45, 7) is -3.35. The van der Waals surface area contributed by atoms with E-state index in [-0.39, 0.29) is 11.4 Å². The topological polar surface area (TPSA) is 107 Å². The zero-order chi connectivity index (χ0) is 28.7. The SMILES string of the molecule is O=C1[C@@H]2[C@@H](N=NN2CC(=O)N2N=C(c3ccc(OC(F)F)cc3)C[C@@H]2c2ccccc2)C(=O)N1c1cccc(F)c1. The highest BCUT2D eigenvalue weighted by atomic mass is 19.3. The van der Waals surface area contributed by atoms with Crippen LogP contribution in [-0.2, 0) is 14.4 Å². The molecule has 1 fully saturated rings. The van der Waals surface area contributed by atoms with Crippen molar-refractivity contribution in [2.75, 3.05) is 11.4 Å². The first kappa shape index (κ1) is 26.2. The number of fused-ring (bicyclic) bond motifs is 1. The Balaban J connectivity index is 1.24. The molecule has 0 unspecified atom stereocenters. The first-order valence-electron chi connectivity index (χ1n) is 12.6. The van der Waals surface area contributed by atoms with E-state index in [1.165, 1.54) is 35.3 Å². The number of nitrogens with zero attached hydrogens (tertiary/aromatic N) is 6. The predicted molar refractivity (Wildman–Crippen MR) is 138 cm³/mol. The maximum atomic E-state index is 13.8. The van der Waals surface area contributed by atoms with Gasteiger partial charge in [-0.2, -0.15) is 19.0 Å². The summed E-state index contributed by atoms with van der Waals surface area (Å²) in [5.41, 5.74) is 2.04. The van der Waals surface area contributed by atoms with Crippen LogP contribution in [0.25, 0.3) is 0 Å². The molecule has 1 saturated heterocycles. The molecule has 3 atom stereocenters. The minimum Gasteiger partial charge on any atom is -0.435 e. The number of hydrogen-bond donors (Lipinski definition) is 0. The lowest BCUT2D eigenvalue weighted by atomic mass is 9.98. The molecule has 0 saturated carbocycles. The molecule has 10 nitrogen and oxygen atoms in total. The van der Waals surface area contributed by atoms with Crippen LogP contribution in [0.3, 0.4) is 0 Å². The Labute approximate surface area is 231 Å². The highest BCUT2D eigenvalue weighted by molar-refractivity contribution is 6.25. The number of imide groups is 1. The summed E-state index contributed by atoms with van der Waals surface area (Å²) >= 11 is 0. The molecule has 0 aromatic heterocycles. The Morgan fingerprint density at radius 2 is 1.73 bits per heavy atom. The van der Waals surface area contributed by atoms with Crippen LogP contribution in [0.4, 0.5) is 18.9 Å². The molecule has 3 aromatic rings. The molecule has 0 aliphatic carbocycles. The largest absolute Gasteiger partial charge is 0.435 e. The standard InChI is InChI=1S/C28H21F3N6O4/c29-18-7-4-8-19(13-18)36-26(39)24-25(27(36)40)35(34-32-24)15-23(38)37-22(17-5-2-1-3-6-17)14-21(33-37)16-9-11-20(12-10-16)41-28(30)31/h1-13,22,24-25,28H,14-15H2/t22-,24-,25+/m1/s1. The van der Waals surface area contributed by atoms with Gasteiger partial charge in [-0.25, -0.2) is 14.3 Å². The number of carbonyl (C=O) groups is 3. The van der Waals surface area contributed by atoms with E-state index in [2.05, 4.69) is 20.2 Å². The molecule has 3 amide bonds. The van der Waals surface area contributed by atoms with E-state index < -0.39 is 54.8 Å². The van der Waals surface area contributed by atoms with Crippen molar-refractivity contribution in [2.45, 2.75) is 31.2 Å². The summed E-state index contributed by atoms with van der Waals surface area (Å²) in [7, 11) is 0. The Morgan fingerprint density at radius 3 is 2.44 bits per heavy atom. The summed E-state index contributed by atoms with van der Waals surface area (Å²) in [5, 5.41) is 14.9. The third-order valence-corrected chi connectivity index (χ3v) is 6.98. The average molecular weight is 563 g/mol. The second kappa shape index (κ2) is 10.5. The number of hydrazone groups is 1. The first-order valence-corrected chi connectivity index (χ1v) is 12.6. The van der Waals surface area contributed by atoms with Gasteiger partial charge in [-0.3, -0.25) is 19.4 Å². The molecular formula is C28H21F3N6O4. The van der Waals surface area contributed by atoms with Gasteiger partial charge < -0.3 is 4.74 Å². The van der Waals surface area contributed by atoms with Crippen molar-refractivity contribution in [3.63, 3.8) is 0 Å². The van der Waals surface area contributed by atoms with E-state index in [0.29, 0.717) is 17.7 Å². The molecular weight excluding hydrogens is 541 g/mol. The van der Waals surface area contributed by atoms with E-state index in [1.54, 1.807) is 12.1 Å². The molecule has 6 rings (SSSR count). The summed E-state index contributed by atoms with van der Waals surface area (Å²) in [4.78, 5) is 40.7. The van der Waals surface area contributed by atoms with Gasteiger partial charge in [-0.1, -0.05) is 41.6 Å². The minimum atomic E-state index is -2.95. The van der Waals surface area contributed by atoms with Gasteiger partial charge in [0.25, 0.3) is 17.7 Å². The number of benzene rings is 3. The van der Waals surface area contributed by atoms with E-state index >= 15 is 0 Å². The first-order chi connectivity index (χ1) is 19.8. The van der Waals surface area contributed by atoms with Gasteiger partial charge in [0.15, 0.2) is 12.1 Å². The second-order valence-corrected chi connectivity index (χ2v) is 9.50. The van der Waals surface area contributed by atoms with Gasteiger partial charge in [-0.05, 0) is 53.6 Å². The van der Waals surface area contributed by atoms with Gasteiger partial charge in [0.1, 0.15) is 18.1 Å². The lowest BCUT2D eigenvalue weighted by Crippen LogP contribution is -2.44. The van der Waals surface area contributed by atoms with Gasteiger partial charge in [-0.15, -0.1) is 0 Å². The van der Waals surface area contributed by atoms with Crippen LogP contribution in [-0.4, -0.2) is 58.7 Å². The summed E-state index contributed by atoms with van der Waals surface area (Å²) < 4.78 is 43.3. The normalized spacial score (nSPS) is 21.6. The van der Waals surface area contributed by atoms with E-state index in [4.69, 9.17) is 0 Å². The van der Waals surface area contributed by atoms with Crippen LogP contribution in [0.1, 0.15) is 23.6 Å². The summed E-state index contributed by atoms with van der Waals surface area (Å²) in [6, 6.07) is 17.4. The van der Waals surface area contributed by atoms with Crippen LogP contribution >= 0.6 is 0 Å². The number of hydrogen-bond acceptors (Lipinski definition) is 8. The van der Waals surface area contributed by atoms with Crippen molar-refractivity contribution in [3.05, 3.63) is 95.8 Å². The molecule has 3 aliphatic rings. The lowest BCUT2D eigenvalue weighted by molar-refractivity contribution is -0.135. The molecule has 41 heavy (non-hydrogen) atoms. The van der Waals surface area contributed by atoms with Crippen LogP contribution in [0, 0.1) is 5.82 Å². The fraction of sp³-hybridized carbons (Fsp3) is 0.214. The Bertz CT molecular complexity index is 1570. The van der Waals surface area contributed by atoms with Crippen molar-refractivity contribution in [3.8, 4) is 5.75 Å². The minimum absolute atomic E-state index is 0.00750. The molecule has 3 aliphatic heterocycles. The van der Waals surface area contributed by atoms with Crippen molar-refractivity contribution in [1.29, 1.82) is 0 Å². The second-order valence-electron chi connectivity index (χ2n) is 9.50.